The zero-order chi connectivity index (χ0) is 16.9. The van der Waals surface area contributed by atoms with E-state index in [9.17, 15) is 14.4 Å². The molecule has 120 valence electrons. The Morgan fingerprint density at radius 2 is 1.83 bits per heavy atom. The summed E-state index contributed by atoms with van der Waals surface area (Å²) >= 11 is 12.3. The standard InChI is InChI=1S/C15H13Cl2N3O3/c1-19-13-11(14(22)20(2)15(19)23)8(6-10(21)18-13)7-4-3-5-9(16)12(7)17/h3-5,8H,6H2,1-2H3,(H,18,21)/t8-/m1/s1. The molecule has 0 bridgehead atoms. The summed E-state index contributed by atoms with van der Waals surface area (Å²) in [6.07, 6.45) is 0.0561. The molecular formula is C15H13Cl2N3O3. The molecule has 1 atom stereocenters. The van der Waals surface area contributed by atoms with Gasteiger partial charge < -0.3 is 5.32 Å². The maximum atomic E-state index is 12.6. The summed E-state index contributed by atoms with van der Waals surface area (Å²) < 4.78 is 2.26. The first-order valence-electron chi connectivity index (χ1n) is 6.86. The molecular weight excluding hydrogens is 341 g/mol. The van der Waals surface area contributed by atoms with Gasteiger partial charge in [0.2, 0.25) is 5.91 Å². The molecule has 23 heavy (non-hydrogen) atoms. The lowest BCUT2D eigenvalue weighted by molar-refractivity contribution is -0.116. The van der Waals surface area contributed by atoms with Gasteiger partial charge >= 0.3 is 5.69 Å². The van der Waals surface area contributed by atoms with Gasteiger partial charge in [-0.3, -0.25) is 18.7 Å². The quantitative estimate of drug-likeness (QED) is 0.850. The average molecular weight is 354 g/mol. The zero-order valence-corrected chi connectivity index (χ0v) is 13.9. The Morgan fingerprint density at radius 1 is 1.13 bits per heavy atom. The lowest BCUT2D eigenvalue weighted by Gasteiger charge is -2.27. The Hall–Kier alpha value is -2.05. The van der Waals surface area contributed by atoms with E-state index < -0.39 is 17.2 Å². The Bertz CT molecular complexity index is 946. The molecule has 0 unspecified atom stereocenters. The molecule has 0 aliphatic carbocycles. The van der Waals surface area contributed by atoms with E-state index in [2.05, 4.69) is 5.32 Å². The van der Waals surface area contributed by atoms with Gasteiger partial charge in [-0.05, 0) is 11.6 Å². The van der Waals surface area contributed by atoms with E-state index in [4.69, 9.17) is 23.2 Å². The smallest absolute Gasteiger partial charge is 0.312 e. The summed E-state index contributed by atoms with van der Waals surface area (Å²) in [6, 6.07) is 5.07. The molecule has 0 radical (unpaired) electrons. The topological polar surface area (TPSA) is 73.1 Å². The number of halogens is 2. The van der Waals surface area contributed by atoms with E-state index in [1.807, 2.05) is 0 Å². The highest BCUT2D eigenvalue weighted by atomic mass is 35.5. The first-order chi connectivity index (χ1) is 10.8. The van der Waals surface area contributed by atoms with Crippen LogP contribution in [-0.2, 0) is 18.9 Å². The summed E-state index contributed by atoms with van der Waals surface area (Å²) in [4.78, 5) is 36.7. The third-order valence-corrected chi connectivity index (χ3v) is 4.89. The Morgan fingerprint density at radius 3 is 2.52 bits per heavy atom. The van der Waals surface area contributed by atoms with Crippen molar-refractivity contribution < 1.29 is 4.79 Å². The summed E-state index contributed by atoms with van der Waals surface area (Å²) in [7, 11) is 2.90. The van der Waals surface area contributed by atoms with Crippen LogP contribution in [0.5, 0.6) is 0 Å². The van der Waals surface area contributed by atoms with Gasteiger partial charge in [0.25, 0.3) is 5.56 Å². The lowest BCUT2D eigenvalue weighted by atomic mass is 9.86. The minimum absolute atomic E-state index is 0.0561. The number of rotatable bonds is 1. The Labute approximate surface area is 141 Å². The number of fused-ring (bicyclic) bond motifs is 1. The number of hydrogen-bond donors (Lipinski definition) is 1. The summed E-state index contributed by atoms with van der Waals surface area (Å²) in [5, 5.41) is 3.25. The predicted octanol–water partition coefficient (Wildman–Crippen LogP) is 1.86. The van der Waals surface area contributed by atoms with Crippen molar-refractivity contribution in [1.82, 2.24) is 9.13 Å². The summed E-state index contributed by atoms with van der Waals surface area (Å²) in [5.74, 6) is -0.646. The molecule has 1 aliphatic rings. The van der Waals surface area contributed by atoms with E-state index in [1.54, 1.807) is 18.2 Å². The largest absolute Gasteiger partial charge is 0.332 e. The van der Waals surface area contributed by atoms with Gasteiger partial charge in [0, 0.05) is 26.4 Å². The van der Waals surface area contributed by atoms with Crippen molar-refractivity contribution in [3.63, 3.8) is 0 Å². The van der Waals surface area contributed by atoms with Crippen LogP contribution in [-0.4, -0.2) is 15.0 Å². The highest BCUT2D eigenvalue weighted by Gasteiger charge is 2.33. The SMILES string of the molecule is Cn1c2c(c(=O)n(C)c1=O)[C@@H](c1cccc(Cl)c1Cl)CC(=O)N2. The molecule has 1 aromatic carbocycles. The minimum Gasteiger partial charge on any atom is -0.312 e. The molecule has 2 aromatic rings. The van der Waals surface area contributed by atoms with Gasteiger partial charge in [-0.2, -0.15) is 0 Å². The van der Waals surface area contributed by atoms with Crippen LogP contribution in [0, 0.1) is 0 Å². The zero-order valence-electron chi connectivity index (χ0n) is 12.4. The molecule has 6 nitrogen and oxygen atoms in total. The molecule has 1 aromatic heterocycles. The van der Waals surface area contributed by atoms with Crippen molar-refractivity contribution in [3.8, 4) is 0 Å². The van der Waals surface area contributed by atoms with Gasteiger partial charge in [0.05, 0.1) is 15.6 Å². The van der Waals surface area contributed by atoms with Crippen LogP contribution in [0.15, 0.2) is 27.8 Å². The van der Waals surface area contributed by atoms with Crippen molar-refractivity contribution >= 4 is 34.9 Å². The normalized spacial score (nSPS) is 16.9. The second-order valence-electron chi connectivity index (χ2n) is 5.42. The fourth-order valence-electron chi connectivity index (χ4n) is 2.86. The summed E-state index contributed by atoms with van der Waals surface area (Å²) in [6.45, 7) is 0. The molecule has 0 saturated carbocycles. The van der Waals surface area contributed by atoms with Crippen LogP contribution < -0.4 is 16.6 Å². The monoisotopic (exact) mass is 353 g/mol. The van der Waals surface area contributed by atoms with Crippen LogP contribution in [0.1, 0.15) is 23.5 Å². The van der Waals surface area contributed by atoms with Crippen LogP contribution in [0.4, 0.5) is 5.82 Å². The van der Waals surface area contributed by atoms with Gasteiger partial charge in [-0.25, -0.2) is 4.79 Å². The molecule has 2 heterocycles. The van der Waals surface area contributed by atoms with Crippen LogP contribution in [0.25, 0.3) is 0 Å². The minimum atomic E-state index is -0.560. The van der Waals surface area contributed by atoms with Crippen molar-refractivity contribution in [1.29, 1.82) is 0 Å². The van der Waals surface area contributed by atoms with Crippen LogP contribution in [0.3, 0.4) is 0 Å². The van der Waals surface area contributed by atoms with Crippen LogP contribution >= 0.6 is 23.2 Å². The van der Waals surface area contributed by atoms with Gasteiger partial charge in [0.15, 0.2) is 0 Å². The molecule has 0 saturated heterocycles. The fraction of sp³-hybridized carbons (Fsp3) is 0.267. The Balaban J connectivity index is 2.36. The number of carbonyl (C=O) groups is 1. The molecule has 0 spiro atoms. The predicted molar refractivity (Wildman–Crippen MR) is 88.5 cm³/mol. The van der Waals surface area contributed by atoms with E-state index in [0.29, 0.717) is 21.2 Å². The van der Waals surface area contributed by atoms with E-state index in [-0.39, 0.29) is 18.1 Å². The van der Waals surface area contributed by atoms with Crippen molar-refractivity contribution in [2.45, 2.75) is 12.3 Å². The highest BCUT2D eigenvalue weighted by molar-refractivity contribution is 6.42. The third-order valence-electron chi connectivity index (χ3n) is 4.05. The molecule has 1 aliphatic heterocycles. The maximum Gasteiger partial charge on any atom is 0.332 e. The molecule has 1 N–H and O–H groups in total. The molecule has 1 amide bonds. The molecule has 3 rings (SSSR count). The number of benzene rings is 1. The van der Waals surface area contributed by atoms with E-state index >= 15 is 0 Å². The number of nitrogens with one attached hydrogen (secondary N) is 1. The summed E-state index contributed by atoms with van der Waals surface area (Å²) in [5.41, 5.74) is -0.0413. The fourth-order valence-corrected chi connectivity index (χ4v) is 3.30. The number of nitrogens with zero attached hydrogens (tertiary/aromatic N) is 2. The molecule has 8 heteroatoms. The van der Waals surface area contributed by atoms with E-state index in [1.165, 1.54) is 18.7 Å². The second-order valence-corrected chi connectivity index (χ2v) is 6.20. The highest BCUT2D eigenvalue weighted by Crippen LogP contribution is 2.39. The van der Waals surface area contributed by atoms with Crippen molar-refractivity contribution in [2.24, 2.45) is 14.1 Å². The lowest BCUT2D eigenvalue weighted by Crippen LogP contribution is -2.44. The Kier molecular flexibility index (Phi) is 3.82. The number of aromatic nitrogens is 2. The number of carbonyl (C=O) groups excluding carboxylic acids is 1. The second kappa shape index (κ2) is 5.54. The van der Waals surface area contributed by atoms with Crippen molar-refractivity contribution in [2.75, 3.05) is 5.32 Å². The van der Waals surface area contributed by atoms with E-state index in [0.717, 1.165) is 4.57 Å². The first-order valence-corrected chi connectivity index (χ1v) is 7.62. The van der Waals surface area contributed by atoms with Crippen LogP contribution in [0.2, 0.25) is 10.0 Å². The van der Waals surface area contributed by atoms with Gasteiger partial charge in [-0.1, -0.05) is 35.3 Å². The van der Waals surface area contributed by atoms with Gasteiger partial charge in [0.1, 0.15) is 5.82 Å². The number of anilines is 1. The maximum absolute atomic E-state index is 12.6. The molecule has 0 fully saturated rings. The number of amides is 1. The number of hydrogen-bond acceptors (Lipinski definition) is 3. The van der Waals surface area contributed by atoms with Gasteiger partial charge in [-0.15, -0.1) is 0 Å². The van der Waals surface area contributed by atoms with Crippen molar-refractivity contribution in [3.05, 3.63) is 60.2 Å². The third kappa shape index (κ3) is 2.38. The average Bonchev–Trinajstić information content (AvgIpc) is 2.52. The first kappa shape index (κ1) is 15.8.